The van der Waals surface area contributed by atoms with Crippen LogP contribution in [0.1, 0.15) is 5.56 Å². The molecule has 0 aliphatic carbocycles. The van der Waals surface area contributed by atoms with Gasteiger partial charge in [-0.3, -0.25) is 0 Å². The molecule has 0 saturated carbocycles. The fourth-order valence-electron chi connectivity index (χ4n) is 1.42. The topological polar surface area (TPSA) is 32.7 Å². The van der Waals surface area contributed by atoms with Crippen LogP contribution in [-0.4, -0.2) is 12.3 Å². The van der Waals surface area contributed by atoms with Crippen molar-refractivity contribution in [2.24, 2.45) is 5.29 Å². The van der Waals surface area contributed by atoms with Crippen LogP contribution in [0.15, 0.2) is 29.6 Å². The minimum Gasteiger partial charge on any atom is -0.228 e. The smallest absolute Gasteiger partial charge is 0.0666 e. The molecular weight excluding hydrogens is 184 g/mol. The fraction of sp³-hybridized carbons (Fsp3) is 0.333. The number of hydrogen-bond acceptors (Lipinski definition) is 3. The second-order valence-electron chi connectivity index (χ2n) is 2.89. The number of rotatable bonds is 1. The third kappa shape index (κ3) is 1.67. The lowest BCUT2D eigenvalue weighted by Gasteiger charge is -2.13. The average molecular weight is 194 g/mol. The number of fused-ring (bicyclic) bond motifs is 1. The molecule has 4 heteroatoms. The van der Waals surface area contributed by atoms with Gasteiger partial charge in [0.15, 0.2) is 0 Å². The van der Waals surface area contributed by atoms with Crippen LogP contribution in [0.2, 0.25) is 0 Å². The Labute approximate surface area is 81.1 Å². The van der Waals surface area contributed by atoms with Crippen molar-refractivity contribution in [1.29, 1.82) is 0 Å². The highest BCUT2D eigenvalue weighted by molar-refractivity contribution is 7.98. The van der Waals surface area contributed by atoms with Crippen molar-refractivity contribution in [2.75, 3.05) is 17.3 Å². The van der Waals surface area contributed by atoms with Gasteiger partial charge in [0.2, 0.25) is 0 Å². The zero-order chi connectivity index (χ0) is 9.10. The summed E-state index contributed by atoms with van der Waals surface area (Å²) in [5.74, 6) is 1.93. The first-order chi connectivity index (χ1) is 6.42. The first-order valence-electron chi connectivity index (χ1n) is 4.18. The largest absolute Gasteiger partial charge is 0.228 e. The summed E-state index contributed by atoms with van der Waals surface area (Å²) in [6.45, 7) is 0.713. The Bertz CT molecular complexity index is 316. The Morgan fingerprint density at radius 3 is 3.08 bits per heavy atom. The molecule has 0 bridgehead atoms. The van der Waals surface area contributed by atoms with Gasteiger partial charge in [0.25, 0.3) is 0 Å². The third-order valence-electron chi connectivity index (χ3n) is 2.07. The predicted molar refractivity (Wildman–Crippen MR) is 55.7 cm³/mol. The standard InChI is InChI=1S/C9H10N2OS/c12-10-11-5-6-13-7-8-3-1-2-4-9(8)11/h1-4H,5-7H2. The Morgan fingerprint density at radius 1 is 1.38 bits per heavy atom. The second kappa shape index (κ2) is 3.79. The van der Waals surface area contributed by atoms with E-state index in [0.717, 1.165) is 17.2 Å². The van der Waals surface area contributed by atoms with E-state index in [2.05, 4.69) is 5.29 Å². The van der Waals surface area contributed by atoms with E-state index < -0.39 is 0 Å². The lowest BCUT2D eigenvalue weighted by atomic mass is 10.2. The molecule has 2 rings (SSSR count). The van der Waals surface area contributed by atoms with Gasteiger partial charge in [-0.05, 0) is 11.6 Å². The normalized spacial score (nSPS) is 16.2. The number of anilines is 1. The van der Waals surface area contributed by atoms with Gasteiger partial charge < -0.3 is 0 Å². The molecule has 0 atom stereocenters. The highest BCUT2D eigenvalue weighted by Crippen LogP contribution is 2.28. The summed E-state index contributed by atoms with van der Waals surface area (Å²) in [4.78, 5) is 10.5. The SMILES string of the molecule is O=NN1CCSCc2ccccc21. The maximum atomic E-state index is 10.5. The molecule has 3 nitrogen and oxygen atoms in total. The minimum absolute atomic E-state index is 0.713. The van der Waals surface area contributed by atoms with Crippen molar-refractivity contribution in [3.05, 3.63) is 34.7 Å². The van der Waals surface area contributed by atoms with Crippen molar-refractivity contribution >= 4 is 17.4 Å². The summed E-state index contributed by atoms with van der Waals surface area (Å²) in [6.07, 6.45) is 0. The lowest BCUT2D eigenvalue weighted by molar-refractivity contribution is 0.893. The molecule has 0 saturated heterocycles. The van der Waals surface area contributed by atoms with Crippen molar-refractivity contribution in [3.8, 4) is 0 Å². The summed E-state index contributed by atoms with van der Waals surface area (Å²) in [7, 11) is 0. The van der Waals surface area contributed by atoms with E-state index >= 15 is 0 Å². The van der Waals surface area contributed by atoms with Crippen molar-refractivity contribution < 1.29 is 0 Å². The Balaban J connectivity index is 2.41. The summed E-state index contributed by atoms with van der Waals surface area (Å²) in [5, 5.41) is 4.56. The van der Waals surface area contributed by atoms with Crippen LogP contribution in [-0.2, 0) is 5.75 Å². The quantitative estimate of drug-likeness (QED) is 0.644. The summed E-state index contributed by atoms with van der Waals surface area (Å²) >= 11 is 1.84. The molecule has 1 aromatic carbocycles. The maximum Gasteiger partial charge on any atom is 0.0666 e. The van der Waals surface area contributed by atoms with Gasteiger partial charge in [0.05, 0.1) is 17.5 Å². The van der Waals surface area contributed by atoms with Crippen LogP contribution < -0.4 is 5.01 Å². The zero-order valence-electron chi connectivity index (χ0n) is 7.14. The molecule has 0 unspecified atom stereocenters. The molecule has 1 aromatic rings. The first kappa shape index (κ1) is 8.56. The summed E-state index contributed by atoms with van der Waals surface area (Å²) in [6, 6.07) is 7.93. The molecule has 0 fully saturated rings. The molecule has 1 heterocycles. The van der Waals surface area contributed by atoms with Gasteiger partial charge in [-0.15, -0.1) is 4.91 Å². The second-order valence-corrected chi connectivity index (χ2v) is 3.99. The van der Waals surface area contributed by atoms with Crippen LogP contribution in [0.4, 0.5) is 5.69 Å². The van der Waals surface area contributed by atoms with Crippen LogP contribution >= 0.6 is 11.8 Å². The monoisotopic (exact) mass is 194 g/mol. The number of para-hydroxylation sites is 1. The number of hydrogen-bond donors (Lipinski definition) is 0. The van der Waals surface area contributed by atoms with Crippen LogP contribution in [0.25, 0.3) is 0 Å². The first-order valence-corrected chi connectivity index (χ1v) is 5.34. The van der Waals surface area contributed by atoms with E-state index in [1.165, 1.54) is 10.6 Å². The molecule has 1 aliphatic heterocycles. The molecule has 1 aliphatic rings. The maximum absolute atomic E-state index is 10.5. The molecular formula is C9H10N2OS. The minimum atomic E-state index is 0.713. The average Bonchev–Trinajstić information content (AvgIpc) is 2.39. The molecule has 0 aromatic heterocycles. The van der Waals surface area contributed by atoms with Crippen molar-refractivity contribution in [2.45, 2.75) is 5.75 Å². The molecule has 0 spiro atoms. The van der Waals surface area contributed by atoms with Gasteiger partial charge in [-0.25, -0.2) is 5.01 Å². The van der Waals surface area contributed by atoms with Gasteiger partial charge in [-0.1, -0.05) is 18.2 Å². The van der Waals surface area contributed by atoms with E-state index in [1.807, 2.05) is 36.0 Å². The highest BCUT2D eigenvalue weighted by Gasteiger charge is 2.14. The van der Waals surface area contributed by atoms with Crippen molar-refractivity contribution in [3.63, 3.8) is 0 Å². The van der Waals surface area contributed by atoms with Gasteiger partial charge in [0.1, 0.15) is 0 Å². The number of nitrogens with zero attached hydrogens (tertiary/aromatic N) is 2. The zero-order valence-corrected chi connectivity index (χ0v) is 7.96. The number of thioether (sulfide) groups is 1. The Morgan fingerprint density at radius 2 is 2.23 bits per heavy atom. The van der Waals surface area contributed by atoms with Crippen LogP contribution in [0.5, 0.6) is 0 Å². The van der Waals surface area contributed by atoms with E-state index in [0.29, 0.717) is 6.54 Å². The van der Waals surface area contributed by atoms with E-state index in [1.54, 1.807) is 0 Å². The van der Waals surface area contributed by atoms with Gasteiger partial charge in [-0.2, -0.15) is 11.8 Å². The summed E-state index contributed by atoms with van der Waals surface area (Å²) < 4.78 is 0. The molecule has 0 radical (unpaired) electrons. The van der Waals surface area contributed by atoms with Crippen LogP contribution in [0, 0.1) is 4.91 Å². The van der Waals surface area contributed by atoms with E-state index in [9.17, 15) is 4.91 Å². The van der Waals surface area contributed by atoms with Crippen LogP contribution in [0.3, 0.4) is 0 Å². The molecule has 13 heavy (non-hydrogen) atoms. The predicted octanol–water partition coefficient (Wildman–Crippen LogP) is 2.42. The Hall–Kier alpha value is -1.03. The summed E-state index contributed by atoms with van der Waals surface area (Å²) in [5.41, 5.74) is 2.16. The Kier molecular flexibility index (Phi) is 2.49. The molecule has 68 valence electrons. The fourth-order valence-corrected chi connectivity index (χ4v) is 2.33. The molecule has 0 amide bonds. The lowest BCUT2D eigenvalue weighted by Crippen LogP contribution is -2.17. The number of benzene rings is 1. The third-order valence-corrected chi connectivity index (χ3v) is 3.06. The van der Waals surface area contributed by atoms with E-state index in [4.69, 9.17) is 0 Å². The van der Waals surface area contributed by atoms with Gasteiger partial charge >= 0.3 is 0 Å². The van der Waals surface area contributed by atoms with Crippen molar-refractivity contribution in [1.82, 2.24) is 0 Å². The molecule has 0 N–H and O–H groups in total. The highest BCUT2D eigenvalue weighted by atomic mass is 32.2. The van der Waals surface area contributed by atoms with E-state index in [-0.39, 0.29) is 0 Å². The van der Waals surface area contributed by atoms with Gasteiger partial charge in [0, 0.05) is 11.5 Å². The number of nitroso groups, excluding NO2 is 1.